The predicted octanol–water partition coefficient (Wildman–Crippen LogP) is 0.0815. The Morgan fingerprint density at radius 3 is 3.08 bits per heavy atom. The van der Waals surface area contributed by atoms with Gasteiger partial charge >= 0.3 is 5.97 Å². The van der Waals surface area contributed by atoms with E-state index >= 15 is 0 Å². The van der Waals surface area contributed by atoms with Crippen LogP contribution in [0, 0.1) is 0 Å². The Hall–Kier alpha value is -1.36. The Bertz CT molecular complexity index is 317. The molecule has 0 amide bonds. The normalized spacial score (nSPS) is 16.9. The fraction of sp³-hybridized carbons (Fsp3) is 0.500. The summed E-state index contributed by atoms with van der Waals surface area (Å²) in [6, 6.07) is 1.95. The van der Waals surface area contributed by atoms with E-state index in [0.29, 0.717) is 13.2 Å². The highest BCUT2D eigenvalue weighted by molar-refractivity contribution is 5.69. The van der Waals surface area contributed by atoms with Crippen LogP contribution in [0.4, 0.5) is 0 Å². The molecule has 2 heterocycles. The first-order valence-electron chi connectivity index (χ1n) is 4.09. The van der Waals surface area contributed by atoms with Gasteiger partial charge in [-0.2, -0.15) is 5.10 Å². The Kier molecular flexibility index (Phi) is 2.02. The van der Waals surface area contributed by atoms with Crippen LogP contribution in [-0.4, -0.2) is 34.1 Å². The third kappa shape index (κ3) is 1.55. The van der Waals surface area contributed by atoms with Gasteiger partial charge in [0.25, 0.3) is 0 Å². The van der Waals surface area contributed by atoms with E-state index in [1.54, 1.807) is 16.9 Å². The fourth-order valence-corrected chi connectivity index (χ4v) is 1.33. The number of rotatable bonds is 3. The van der Waals surface area contributed by atoms with E-state index in [0.717, 1.165) is 5.69 Å². The van der Waals surface area contributed by atoms with E-state index in [4.69, 9.17) is 9.84 Å². The van der Waals surface area contributed by atoms with Crippen LogP contribution in [0.1, 0.15) is 11.7 Å². The number of carboxylic acids is 1. The second-order valence-corrected chi connectivity index (χ2v) is 3.03. The van der Waals surface area contributed by atoms with E-state index in [-0.39, 0.29) is 12.5 Å². The van der Waals surface area contributed by atoms with Crippen molar-refractivity contribution in [3.05, 3.63) is 18.0 Å². The van der Waals surface area contributed by atoms with Crippen molar-refractivity contribution in [1.82, 2.24) is 9.78 Å². The van der Waals surface area contributed by atoms with Crippen LogP contribution >= 0.6 is 0 Å². The van der Waals surface area contributed by atoms with Gasteiger partial charge in [-0.1, -0.05) is 0 Å². The van der Waals surface area contributed by atoms with Crippen LogP contribution in [-0.2, 0) is 16.0 Å². The molecule has 1 N–H and O–H groups in total. The number of aromatic nitrogens is 2. The number of carboxylic acid groups (broad SMARTS) is 1. The Labute approximate surface area is 74.9 Å². The summed E-state index contributed by atoms with van der Waals surface area (Å²) in [5.41, 5.74) is 0.737. The lowest BCUT2D eigenvalue weighted by Gasteiger charge is -2.27. The molecule has 0 aliphatic carbocycles. The van der Waals surface area contributed by atoms with Crippen molar-refractivity contribution in [2.24, 2.45) is 0 Å². The van der Waals surface area contributed by atoms with Crippen LogP contribution in [0.3, 0.4) is 0 Å². The molecule has 1 aromatic rings. The molecule has 0 atom stereocenters. The maximum atomic E-state index is 10.5. The number of aliphatic carboxylic acids is 1. The van der Waals surface area contributed by atoms with Gasteiger partial charge in [0, 0.05) is 6.20 Å². The molecule has 1 aromatic heterocycles. The van der Waals surface area contributed by atoms with Crippen LogP contribution in [0.15, 0.2) is 12.3 Å². The van der Waals surface area contributed by atoms with Crippen molar-refractivity contribution >= 4 is 5.97 Å². The molecular formula is C8H10N2O3. The maximum absolute atomic E-state index is 10.5. The Morgan fingerprint density at radius 1 is 1.77 bits per heavy atom. The Morgan fingerprint density at radius 2 is 2.54 bits per heavy atom. The average molecular weight is 182 g/mol. The largest absolute Gasteiger partial charge is 0.481 e. The summed E-state index contributed by atoms with van der Waals surface area (Å²) in [7, 11) is 0. The summed E-state index contributed by atoms with van der Waals surface area (Å²) in [6.45, 7) is 1.27. The van der Waals surface area contributed by atoms with Gasteiger partial charge in [0.2, 0.25) is 0 Å². The van der Waals surface area contributed by atoms with Crippen LogP contribution in [0.5, 0.6) is 0 Å². The smallest absolute Gasteiger partial charge is 0.309 e. The molecule has 70 valence electrons. The summed E-state index contributed by atoms with van der Waals surface area (Å²) in [5.74, 6) is -0.831. The van der Waals surface area contributed by atoms with Crippen LogP contribution in [0.2, 0.25) is 0 Å². The van der Waals surface area contributed by atoms with Gasteiger partial charge in [0.15, 0.2) is 0 Å². The summed E-state index contributed by atoms with van der Waals surface area (Å²) in [4.78, 5) is 10.5. The van der Waals surface area contributed by atoms with Gasteiger partial charge in [0.05, 0.1) is 31.4 Å². The second kappa shape index (κ2) is 3.18. The van der Waals surface area contributed by atoms with Crippen molar-refractivity contribution in [2.45, 2.75) is 12.5 Å². The summed E-state index contributed by atoms with van der Waals surface area (Å²) >= 11 is 0. The lowest BCUT2D eigenvalue weighted by molar-refractivity contribution is -0.136. The Balaban J connectivity index is 2.14. The van der Waals surface area contributed by atoms with E-state index in [1.807, 2.05) is 0 Å². The van der Waals surface area contributed by atoms with Gasteiger partial charge in [0.1, 0.15) is 0 Å². The molecule has 5 heteroatoms. The topological polar surface area (TPSA) is 64.3 Å². The lowest BCUT2D eigenvalue weighted by Crippen LogP contribution is -2.32. The third-order valence-corrected chi connectivity index (χ3v) is 2.05. The minimum atomic E-state index is -0.831. The standard InChI is InChI=1S/C8H10N2O3/c11-8(12)3-6-1-2-9-10(6)7-4-13-5-7/h1-2,7H,3-5H2,(H,11,12). The zero-order chi connectivity index (χ0) is 9.26. The van der Waals surface area contributed by atoms with Gasteiger partial charge in [-0.3, -0.25) is 9.48 Å². The number of nitrogens with zero attached hydrogens (tertiary/aromatic N) is 2. The van der Waals surface area contributed by atoms with Crippen LogP contribution < -0.4 is 0 Å². The number of carbonyl (C=O) groups is 1. The molecule has 0 bridgehead atoms. The molecule has 0 aromatic carbocycles. The zero-order valence-corrected chi connectivity index (χ0v) is 7.01. The van der Waals surface area contributed by atoms with Gasteiger partial charge in [-0.25, -0.2) is 0 Å². The molecule has 0 radical (unpaired) electrons. The monoisotopic (exact) mass is 182 g/mol. The summed E-state index contributed by atoms with van der Waals surface area (Å²) in [6.07, 6.45) is 1.65. The van der Waals surface area contributed by atoms with E-state index in [2.05, 4.69) is 5.10 Å². The predicted molar refractivity (Wildman–Crippen MR) is 43.4 cm³/mol. The van der Waals surface area contributed by atoms with Crippen molar-refractivity contribution in [2.75, 3.05) is 13.2 Å². The number of hydrogen-bond acceptors (Lipinski definition) is 3. The quantitative estimate of drug-likeness (QED) is 0.719. The molecule has 0 spiro atoms. The summed E-state index contributed by atoms with van der Waals surface area (Å²) < 4.78 is 6.74. The lowest BCUT2D eigenvalue weighted by atomic mass is 10.2. The van der Waals surface area contributed by atoms with Gasteiger partial charge in [-0.05, 0) is 6.07 Å². The highest BCUT2D eigenvalue weighted by Gasteiger charge is 2.23. The highest BCUT2D eigenvalue weighted by atomic mass is 16.5. The summed E-state index contributed by atoms with van der Waals surface area (Å²) in [5, 5.41) is 12.7. The van der Waals surface area contributed by atoms with Gasteiger partial charge in [-0.15, -0.1) is 0 Å². The van der Waals surface area contributed by atoms with E-state index in [9.17, 15) is 4.79 Å². The molecule has 0 unspecified atom stereocenters. The highest BCUT2D eigenvalue weighted by Crippen LogP contribution is 2.18. The minimum Gasteiger partial charge on any atom is -0.481 e. The van der Waals surface area contributed by atoms with Crippen molar-refractivity contribution in [3.8, 4) is 0 Å². The first-order valence-corrected chi connectivity index (χ1v) is 4.09. The molecule has 0 saturated carbocycles. The first kappa shape index (κ1) is 8.25. The molecule has 1 saturated heterocycles. The molecule has 1 aliphatic rings. The third-order valence-electron chi connectivity index (χ3n) is 2.05. The molecule has 1 fully saturated rings. The molecular weight excluding hydrogens is 172 g/mol. The number of ether oxygens (including phenoxy) is 1. The molecule has 2 rings (SSSR count). The van der Waals surface area contributed by atoms with Crippen molar-refractivity contribution in [3.63, 3.8) is 0 Å². The average Bonchev–Trinajstić information content (AvgIpc) is 2.32. The van der Waals surface area contributed by atoms with E-state index in [1.165, 1.54) is 0 Å². The molecule has 5 nitrogen and oxygen atoms in total. The van der Waals surface area contributed by atoms with Crippen molar-refractivity contribution in [1.29, 1.82) is 0 Å². The molecule has 1 aliphatic heterocycles. The fourth-order valence-electron chi connectivity index (χ4n) is 1.33. The maximum Gasteiger partial charge on any atom is 0.309 e. The van der Waals surface area contributed by atoms with E-state index < -0.39 is 5.97 Å². The van der Waals surface area contributed by atoms with Gasteiger partial charge < -0.3 is 9.84 Å². The minimum absolute atomic E-state index is 0.0243. The number of hydrogen-bond donors (Lipinski definition) is 1. The van der Waals surface area contributed by atoms with Crippen molar-refractivity contribution < 1.29 is 14.6 Å². The SMILES string of the molecule is O=C(O)Cc1ccnn1C1COC1. The van der Waals surface area contributed by atoms with Crippen LogP contribution in [0.25, 0.3) is 0 Å². The second-order valence-electron chi connectivity index (χ2n) is 3.03. The zero-order valence-electron chi connectivity index (χ0n) is 7.01. The molecule has 13 heavy (non-hydrogen) atoms. The first-order chi connectivity index (χ1) is 6.27.